The van der Waals surface area contributed by atoms with E-state index in [4.69, 9.17) is 0 Å². The van der Waals surface area contributed by atoms with E-state index in [1.54, 1.807) is 6.15 Å². The molecule has 0 saturated heterocycles. The van der Waals surface area contributed by atoms with Gasteiger partial charge in [-0.1, -0.05) is 7.43 Å². The van der Waals surface area contributed by atoms with Gasteiger partial charge in [-0.05, 0) is 0 Å². The van der Waals surface area contributed by atoms with Gasteiger partial charge in [0.1, 0.15) is 0 Å². The van der Waals surface area contributed by atoms with Crippen molar-refractivity contribution >= 4 is 18.2 Å². The molecule has 0 aliphatic heterocycles. The van der Waals surface area contributed by atoms with E-state index in [0.29, 0.717) is 0 Å². The number of hydrogen-bond donors (Lipinski definition) is 0. The third kappa shape index (κ3) is 46.5. The van der Waals surface area contributed by atoms with Gasteiger partial charge >= 0.3 is 25.0 Å². The minimum atomic E-state index is 0. The van der Waals surface area contributed by atoms with E-state index < -0.39 is 0 Å². The maximum atomic E-state index is 4.27. The Balaban J connectivity index is 0. The van der Waals surface area contributed by atoms with Gasteiger partial charge in [-0.25, -0.2) is 0 Å². The minimum absolute atomic E-state index is 0. The molecule has 0 N–H and O–H groups in total. The van der Waals surface area contributed by atoms with Gasteiger partial charge in [0.2, 0.25) is 0 Å². The molecule has 4 heavy (non-hydrogen) atoms. The summed E-state index contributed by atoms with van der Waals surface area (Å²) in [5.74, 6) is 0. The summed E-state index contributed by atoms with van der Waals surface area (Å²) < 4.78 is 0. The first-order valence-corrected chi connectivity index (χ1v) is 1.28. The van der Waals surface area contributed by atoms with E-state index in [9.17, 15) is 0 Å². The molecule has 24 valence electrons. The van der Waals surface area contributed by atoms with E-state index in [0.717, 1.165) is 0 Å². The molecule has 0 bridgehead atoms. The van der Waals surface area contributed by atoms with Gasteiger partial charge in [0, 0.05) is 0 Å². The first-order valence-electron chi connectivity index (χ1n) is 0.813. The molecule has 0 atom stereocenters. The average molecular weight is 74.0 g/mol. The molecule has 0 aliphatic rings. The normalized spacial score (nSPS) is 2.25. The zero-order valence-corrected chi connectivity index (χ0v) is 2.80. The molecule has 0 aliphatic carbocycles. The summed E-state index contributed by atoms with van der Waals surface area (Å²) in [6, 6.07) is 0. The van der Waals surface area contributed by atoms with Crippen LogP contribution < -0.4 is 0 Å². The molecule has 0 radical (unpaired) electrons. The van der Waals surface area contributed by atoms with E-state index in [1.165, 1.54) is 0 Å². The Hall–Kier alpha value is 0.285. The fraction of sp³-hybridized carbons (Fsp3) is 1.00. The van der Waals surface area contributed by atoms with Crippen LogP contribution in [0.4, 0.5) is 0 Å². The Bertz CT molecular complexity index is 13.5. The van der Waals surface area contributed by atoms with Gasteiger partial charge in [0.05, 0.1) is 0 Å². The summed E-state index contributed by atoms with van der Waals surface area (Å²) in [7, 11) is 0. The second-order valence-electron chi connectivity index (χ2n) is 0.236. The molecule has 0 fully saturated rings. The standard InChI is InChI=1S/CH3BS.CH4/c1-2-3;/h1H3;1H4. The maximum absolute atomic E-state index is 4.27. The molecule has 0 nitrogen and oxygen atoms in total. The van der Waals surface area contributed by atoms with Gasteiger partial charge in [-0.3, -0.25) is 0 Å². The van der Waals surface area contributed by atoms with Crippen molar-refractivity contribution in [2.24, 2.45) is 0 Å². The van der Waals surface area contributed by atoms with Crippen molar-refractivity contribution in [2.75, 3.05) is 0 Å². The fourth-order valence-electron chi connectivity index (χ4n) is 0. The molecule has 0 amide bonds. The van der Waals surface area contributed by atoms with Gasteiger partial charge < -0.3 is 0 Å². The third-order valence-corrected chi connectivity index (χ3v) is 0. The second-order valence-corrected chi connectivity index (χ2v) is 0.707. The van der Waals surface area contributed by atoms with E-state index in [2.05, 4.69) is 12.1 Å². The summed E-state index contributed by atoms with van der Waals surface area (Å²) in [5, 5.41) is 0. The first kappa shape index (κ1) is 8.86. The summed E-state index contributed by atoms with van der Waals surface area (Å²) in [6.45, 7) is 1.81. The zero-order chi connectivity index (χ0) is 2.71. The van der Waals surface area contributed by atoms with Crippen molar-refractivity contribution in [1.82, 2.24) is 0 Å². The molecule has 2 heteroatoms. The predicted molar refractivity (Wildman–Crippen MR) is 25.9 cm³/mol. The van der Waals surface area contributed by atoms with Crippen molar-refractivity contribution in [2.45, 2.75) is 14.2 Å². The second kappa shape index (κ2) is 10.4. The molecule has 0 saturated carbocycles. The van der Waals surface area contributed by atoms with Gasteiger partial charge in [-0.2, -0.15) is 0 Å². The van der Waals surface area contributed by atoms with E-state index >= 15 is 0 Å². The summed E-state index contributed by atoms with van der Waals surface area (Å²) in [6.07, 6.45) is 1.58. The molecular formula is C2H7BS. The van der Waals surface area contributed by atoms with Crippen molar-refractivity contribution in [3.8, 4) is 0 Å². The molecule has 0 rings (SSSR count). The van der Waals surface area contributed by atoms with Crippen molar-refractivity contribution in [1.29, 1.82) is 0 Å². The van der Waals surface area contributed by atoms with Crippen LogP contribution in [-0.4, -0.2) is 6.15 Å². The van der Waals surface area contributed by atoms with Gasteiger partial charge in [-0.15, -0.1) is 0 Å². The summed E-state index contributed by atoms with van der Waals surface area (Å²) in [5.41, 5.74) is 0. The fourth-order valence-corrected chi connectivity index (χ4v) is 0. The van der Waals surface area contributed by atoms with Crippen molar-refractivity contribution in [3.63, 3.8) is 0 Å². The Morgan fingerprint density at radius 2 is 1.75 bits per heavy atom. The SMILES string of the molecule is C.CB=S. The quantitative estimate of drug-likeness (QED) is 0.392. The first-order chi connectivity index (χ1) is 1.41. The zero-order valence-electron chi connectivity index (χ0n) is 1.99. The van der Waals surface area contributed by atoms with Crippen molar-refractivity contribution < 1.29 is 0 Å². The molecule has 0 heterocycles. The van der Waals surface area contributed by atoms with Crippen LogP contribution in [0.2, 0.25) is 6.82 Å². The third-order valence-electron chi connectivity index (χ3n) is 0. The van der Waals surface area contributed by atoms with Crippen LogP contribution in [0, 0.1) is 0 Å². The van der Waals surface area contributed by atoms with Crippen LogP contribution in [0.3, 0.4) is 0 Å². The summed E-state index contributed by atoms with van der Waals surface area (Å²) >= 11 is 4.27. The Morgan fingerprint density at radius 3 is 1.75 bits per heavy atom. The van der Waals surface area contributed by atoms with Crippen LogP contribution in [0.5, 0.6) is 0 Å². The van der Waals surface area contributed by atoms with Gasteiger partial charge in [0.25, 0.3) is 0 Å². The van der Waals surface area contributed by atoms with Crippen LogP contribution in [0.25, 0.3) is 0 Å². The number of rotatable bonds is 0. The topological polar surface area (TPSA) is 0 Å². The van der Waals surface area contributed by atoms with Crippen LogP contribution >= 0.6 is 12.1 Å². The summed E-state index contributed by atoms with van der Waals surface area (Å²) in [4.78, 5) is 0. The van der Waals surface area contributed by atoms with Crippen LogP contribution in [0.15, 0.2) is 0 Å². The van der Waals surface area contributed by atoms with E-state index in [-0.39, 0.29) is 7.43 Å². The Labute approximate surface area is 33.3 Å². The molecule has 0 aromatic rings. The predicted octanol–water partition coefficient (Wildman–Crippen LogP) is 1.49. The van der Waals surface area contributed by atoms with E-state index in [1.807, 2.05) is 6.82 Å². The van der Waals surface area contributed by atoms with Crippen LogP contribution in [0.1, 0.15) is 7.43 Å². The number of hydrogen-bond acceptors (Lipinski definition) is 1. The average Bonchev–Trinajstić information content (AvgIpc) is 0.918. The molecule has 0 aromatic heterocycles. The molecule has 0 unspecified atom stereocenters. The van der Waals surface area contributed by atoms with Gasteiger partial charge in [0.15, 0.2) is 0 Å². The monoisotopic (exact) mass is 74.0 g/mol. The molecule has 0 aromatic carbocycles. The van der Waals surface area contributed by atoms with Crippen LogP contribution in [-0.2, 0) is 0 Å². The molecule has 0 spiro atoms. The molecular weight excluding hydrogens is 66.9 g/mol. The van der Waals surface area contributed by atoms with Crippen molar-refractivity contribution in [3.05, 3.63) is 0 Å². The Morgan fingerprint density at radius 1 is 1.75 bits per heavy atom. The Kier molecular flexibility index (Phi) is 23.0.